The fourth-order valence-corrected chi connectivity index (χ4v) is 10.3. The molecule has 0 spiro atoms. The van der Waals surface area contributed by atoms with E-state index in [1.807, 2.05) is 0 Å². The maximum atomic E-state index is 12.9. The zero-order chi connectivity index (χ0) is 59.2. The standard InChI is InChI=1S/C76H134O6/c1-4-7-10-13-16-19-22-25-28-30-31-32-33-34-35-36-37-38-39-40-41-42-43-44-46-48-51-54-57-60-63-66-69-75(78)81-72-73(71-80-74(77)68-65-62-59-56-53-50-47-27-24-21-18-15-12-9-6-3)82-76(79)70-67-64-61-58-55-52-49-45-29-26-23-20-17-14-11-8-5-2/h8,11,17-18,20-21,26-27,29,47,49,52,58,61,73H,4-7,9-10,12-16,19,22-25,28,30-46,48,50-51,53-57,59-60,62-72H2,1-3H3/b11-8-,20-17-,21-18-,29-26-,47-27-,52-49-,61-58-. The fraction of sp³-hybridized carbons (Fsp3) is 0.776. The Morgan fingerprint density at radius 3 is 0.805 bits per heavy atom. The monoisotopic (exact) mass is 1140 g/mol. The zero-order valence-corrected chi connectivity index (χ0v) is 54.5. The third kappa shape index (κ3) is 67.4. The van der Waals surface area contributed by atoms with Gasteiger partial charge in [0, 0.05) is 19.3 Å². The van der Waals surface area contributed by atoms with Crippen molar-refractivity contribution >= 4 is 17.9 Å². The van der Waals surface area contributed by atoms with Gasteiger partial charge in [0.05, 0.1) is 0 Å². The van der Waals surface area contributed by atoms with Crippen LogP contribution in [0.25, 0.3) is 0 Å². The number of ether oxygens (including phenoxy) is 3. The van der Waals surface area contributed by atoms with Crippen molar-refractivity contribution in [2.45, 2.75) is 367 Å². The Kier molecular flexibility index (Phi) is 67.2. The van der Waals surface area contributed by atoms with Gasteiger partial charge in [-0.25, -0.2) is 0 Å². The number of hydrogen-bond donors (Lipinski definition) is 0. The van der Waals surface area contributed by atoms with Crippen LogP contribution in [0, 0.1) is 0 Å². The van der Waals surface area contributed by atoms with Crippen LogP contribution in [0.1, 0.15) is 361 Å². The summed E-state index contributed by atoms with van der Waals surface area (Å²) in [5, 5.41) is 0. The highest BCUT2D eigenvalue weighted by Crippen LogP contribution is 2.18. The first-order valence-corrected chi connectivity index (χ1v) is 35.6. The number of carbonyl (C=O) groups excluding carboxylic acids is 3. The van der Waals surface area contributed by atoms with Crippen molar-refractivity contribution in [1.82, 2.24) is 0 Å². The lowest BCUT2D eigenvalue weighted by Gasteiger charge is -2.18. The molecule has 0 saturated heterocycles. The van der Waals surface area contributed by atoms with Crippen LogP contribution in [-0.4, -0.2) is 37.2 Å². The number of esters is 3. The molecule has 6 heteroatoms. The van der Waals surface area contributed by atoms with Gasteiger partial charge in [-0.3, -0.25) is 14.4 Å². The summed E-state index contributed by atoms with van der Waals surface area (Å²) in [6, 6.07) is 0. The summed E-state index contributed by atoms with van der Waals surface area (Å²) in [5.74, 6) is -0.959. The largest absolute Gasteiger partial charge is 0.462 e. The van der Waals surface area contributed by atoms with Crippen molar-refractivity contribution in [2.75, 3.05) is 13.2 Å². The molecule has 0 aromatic rings. The number of rotatable bonds is 65. The first-order chi connectivity index (χ1) is 40.5. The van der Waals surface area contributed by atoms with Gasteiger partial charge in [0.1, 0.15) is 13.2 Å². The number of hydrogen-bond acceptors (Lipinski definition) is 6. The molecule has 0 amide bonds. The SMILES string of the molecule is CC/C=C\C/C=C\C/C=C\C/C=C\C/C=C\CCCC(=O)OC(COC(=O)CCCCCCC/C=C\C/C=C\CCCCC)COC(=O)CCCCCCCCCCCCCCCCCCCCCCCCCCCCCCCCCC. The summed E-state index contributed by atoms with van der Waals surface area (Å²) in [7, 11) is 0. The Balaban J connectivity index is 4.22. The van der Waals surface area contributed by atoms with Crippen LogP contribution >= 0.6 is 0 Å². The molecule has 0 saturated carbocycles. The lowest BCUT2D eigenvalue weighted by molar-refractivity contribution is -0.167. The molecule has 0 aromatic heterocycles. The van der Waals surface area contributed by atoms with E-state index in [2.05, 4.69) is 106 Å². The van der Waals surface area contributed by atoms with E-state index in [0.29, 0.717) is 19.3 Å². The summed E-state index contributed by atoms with van der Waals surface area (Å²) in [6.07, 6.45) is 93.6. The van der Waals surface area contributed by atoms with Crippen molar-refractivity contribution in [2.24, 2.45) is 0 Å². The topological polar surface area (TPSA) is 78.9 Å². The molecular formula is C76H134O6. The molecule has 0 N–H and O–H groups in total. The van der Waals surface area contributed by atoms with E-state index >= 15 is 0 Å². The molecule has 0 radical (unpaired) electrons. The third-order valence-electron chi connectivity index (χ3n) is 15.6. The van der Waals surface area contributed by atoms with Gasteiger partial charge in [-0.15, -0.1) is 0 Å². The average Bonchev–Trinajstić information content (AvgIpc) is 3.47. The normalized spacial score (nSPS) is 12.6. The molecule has 82 heavy (non-hydrogen) atoms. The highest BCUT2D eigenvalue weighted by molar-refractivity contribution is 5.71. The Morgan fingerprint density at radius 1 is 0.256 bits per heavy atom. The molecule has 0 aliphatic carbocycles. The van der Waals surface area contributed by atoms with Crippen LogP contribution in [-0.2, 0) is 28.6 Å². The average molecular weight is 1140 g/mol. The number of allylic oxidation sites excluding steroid dienone is 14. The molecule has 0 fully saturated rings. The fourth-order valence-electron chi connectivity index (χ4n) is 10.3. The summed E-state index contributed by atoms with van der Waals surface area (Å²) in [5.41, 5.74) is 0. The van der Waals surface area contributed by atoms with Gasteiger partial charge in [-0.2, -0.15) is 0 Å². The molecule has 0 aliphatic rings. The van der Waals surface area contributed by atoms with Crippen LogP contribution in [0.2, 0.25) is 0 Å². The summed E-state index contributed by atoms with van der Waals surface area (Å²) in [6.45, 7) is 6.49. The molecule has 474 valence electrons. The Bertz CT molecular complexity index is 1550. The van der Waals surface area contributed by atoms with Crippen LogP contribution in [0.15, 0.2) is 85.1 Å². The lowest BCUT2D eigenvalue weighted by atomic mass is 10.0. The van der Waals surface area contributed by atoms with Crippen molar-refractivity contribution in [3.05, 3.63) is 85.1 Å². The lowest BCUT2D eigenvalue weighted by Crippen LogP contribution is -2.30. The summed E-state index contributed by atoms with van der Waals surface area (Å²) >= 11 is 0. The highest BCUT2D eigenvalue weighted by atomic mass is 16.6. The third-order valence-corrected chi connectivity index (χ3v) is 15.6. The smallest absolute Gasteiger partial charge is 0.306 e. The predicted octanol–water partition coefficient (Wildman–Crippen LogP) is 24.6. The predicted molar refractivity (Wildman–Crippen MR) is 358 cm³/mol. The second-order valence-electron chi connectivity index (χ2n) is 23.8. The minimum Gasteiger partial charge on any atom is -0.462 e. The van der Waals surface area contributed by atoms with Crippen LogP contribution < -0.4 is 0 Å². The molecule has 1 atom stereocenters. The Labute approximate surface area is 509 Å². The second-order valence-corrected chi connectivity index (χ2v) is 23.8. The molecule has 0 rings (SSSR count). The Morgan fingerprint density at radius 2 is 0.488 bits per heavy atom. The van der Waals surface area contributed by atoms with E-state index in [1.165, 1.54) is 212 Å². The van der Waals surface area contributed by atoms with Gasteiger partial charge in [-0.1, -0.05) is 337 Å². The van der Waals surface area contributed by atoms with E-state index in [0.717, 1.165) is 103 Å². The molecular weight excluding hydrogens is 1010 g/mol. The zero-order valence-electron chi connectivity index (χ0n) is 54.5. The molecule has 0 aromatic carbocycles. The van der Waals surface area contributed by atoms with Crippen LogP contribution in [0.3, 0.4) is 0 Å². The second kappa shape index (κ2) is 70.1. The first-order valence-electron chi connectivity index (χ1n) is 35.6. The van der Waals surface area contributed by atoms with Gasteiger partial charge in [-0.05, 0) is 89.9 Å². The van der Waals surface area contributed by atoms with E-state index < -0.39 is 6.10 Å². The van der Waals surface area contributed by atoms with Crippen molar-refractivity contribution < 1.29 is 28.6 Å². The Hall–Kier alpha value is -3.41. The molecule has 0 aliphatic heterocycles. The maximum Gasteiger partial charge on any atom is 0.306 e. The number of unbranched alkanes of at least 4 members (excludes halogenated alkanes) is 40. The van der Waals surface area contributed by atoms with E-state index in [4.69, 9.17) is 14.2 Å². The van der Waals surface area contributed by atoms with Gasteiger partial charge >= 0.3 is 17.9 Å². The van der Waals surface area contributed by atoms with Crippen molar-refractivity contribution in [1.29, 1.82) is 0 Å². The van der Waals surface area contributed by atoms with Crippen molar-refractivity contribution in [3.8, 4) is 0 Å². The van der Waals surface area contributed by atoms with Gasteiger partial charge in [0.25, 0.3) is 0 Å². The molecule has 0 heterocycles. The van der Waals surface area contributed by atoms with E-state index in [-0.39, 0.29) is 37.5 Å². The van der Waals surface area contributed by atoms with E-state index in [1.54, 1.807) is 0 Å². The van der Waals surface area contributed by atoms with Crippen molar-refractivity contribution in [3.63, 3.8) is 0 Å². The van der Waals surface area contributed by atoms with Gasteiger partial charge in [0.2, 0.25) is 0 Å². The quantitative estimate of drug-likeness (QED) is 0.0261. The number of carbonyl (C=O) groups is 3. The molecule has 1 unspecified atom stereocenters. The van der Waals surface area contributed by atoms with E-state index in [9.17, 15) is 14.4 Å². The maximum absolute atomic E-state index is 12.9. The minimum absolute atomic E-state index is 0.101. The van der Waals surface area contributed by atoms with Crippen LogP contribution in [0.4, 0.5) is 0 Å². The minimum atomic E-state index is -0.813. The first kappa shape index (κ1) is 78.6. The van der Waals surface area contributed by atoms with Gasteiger partial charge in [0.15, 0.2) is 6.10 Å². The highest BCUT2D eigenvalue weighted by Gasteiger charge is 2.19. The van der Waals surface area contributed by atoms with Crippen LogP contribution in [0.5, 0.6) is 0 Å². The molecule has 0 bridgehead atoms. The van der Waals surface area contributed by atoms with Gasteiger partial charge < -0.3 is 14.2 Å². The summed E-state index contributed by atoms with van der Waals surface area (Å²) < 4.78 is 16.9. The summed E-state index contributed by atoms with van der Waals surface area (Å²) in [4.78, 5) is 38.4. The molecule has 6 nitrogen and oxygen atoms in total.